The zero-order chi connectivity index (χ0) is 14.2. The number of oxime groups is 1. The Hall–Kier alpha value is -2.25. The highest BCUT2D eigenvalue weighted by molar-refractivity contribution is 7.98. The number of hydrogen-bond donors (Lipinski definition) is 0. The van der Waals surface area contributed by atoms with Crippen LogP contribution in [0.2, 0.25) is 0 Å². The van der Waals surface area contributed by atoms with Gasteiger partial charge in [-0.2, -0.15) is 5.26 Å². The van der Waals surface area contributed by atoms with Crippen LogP contribution in [0.25, 0.3) is 0 Å². The molecule has 20 heavy (non-hydrogen) atoms. The Labute approximate surface area is 122 Å². The summed E-state index contributed by atoms with van der Waals surface area (Å²) < 4.78 is 0. The smallest absolute Gasteiger partial charge is 0.187 e. The molecule has 0 aromatic heterocycles. The molecule has 4 heteroatoms. The maximum atomic E-state index is 9.15. The monoisotopic (exact) mass is 282 g/mol. The number of rotatable bonds is 5. The third kappa shape index (κ3) is 3.62. The van der Waals surface area contributed by atoms with Crippen molar-refractivity contribution in [2.24, 2.45) is 5.16 Å². The van der Waals surface area contributed by atoms with Gasteiger partial charge in [-0.15, -0.1) is 11.8 Å². The molecule has 0 spiro atoms. The third-order valence-electron chi connectivity index (χ3n) is 2.70. The van der Waals surface area contributed by atoms with Gasteiger partial charge in [-0.3, -0.25) is 0 Å². The van der Waals surface area contributed by atoms with Crippen LogP contribution in [0, 0.1) is 11.3 Å². The first-order valence-corrected chi connectivity index (χ1v) is 7.11. The van der Waals surface area contributed by atoms with Crippen LogP contribution in [-0.4, -0.2) is 12.8 Å². The molecule has 0 aliphatic rings. The molecule has 0 saturated heterocycles. The standard InChI is InChI=1S/C16H14N2OS/c1-19-18-16(11-17)15-10-6-5-7-13(15)12-20-14-8-3-2-4-9-14/h2-10H,12H2,1H3/b18-16-. The highest BCUT2D eigenvalue weighted by Gasteiger charge is 2.09. The van der Waals surface area contributed by atoms with Crippen molar-refractivity contribution in [3.05, 3.63) is 65.7 Å². The van der Waals surface area contributed by atoms with Gasteiger partial charge in [0.2, 0.25) is 0 Å². The summed E-state index contributed by atoms with van der Waals surface area (Å²) >= 11 is 1.73. The molecule has 2 rings (SSSR count). The quantitative estimate of drug-likeness (QED) is 0.475. The second-order valence-electron chi connectivity index (χ2n) is 3.99. The van der Waals surface area contributed by atoms with Crippen molar-refractivity contribution in [2.75, 3.05) is 7.11 Å². The summed E-state index contributed by atoms with van der Waals surface area (Å²) in [6, 6.07) is 20.0. The van der Waals surface area contributed by atoms with Crippen molar-refractivity contribution in [1.29, 1.82) is 5.26 Å². The fourth-order valence-corrected chi connectivity index (χ4v) is 2.70. The molecule has 0 amide bonds. The molecular formula is C16H14N2OS. The average Bonchev–Trinajstić information content (AvgIpc) is 2.52. The van der Waals surface area contributed by atoms with Gasteiger partial charge >= 0.3 is 0 Å². The largest absolute Gasteiger partial charge is 0.398 e. The van der Waals surface area contributed by atoms with Crippen LogP contribution in [0.3, 0.4) is 0 Å². The Morgan fingerprint density at radius 1 is 1.15 bits per heavy atom. The number of nitriles is 1. The lowest BCUT2D eigenvalue weighted by Gasteiger charge is -2.07. The van der Waals surface area contributed by atoms with Gasteiger partial charge in [-0.25, -0.2) is 0 Å². The predicted molar refractivity (Wildman–Crippen MR) is 81.6 cm³/mol. The van der Waals surface area contributed by atoms with Gasteiger partial charge in [0.15, 0.2) is 5.71 Å². The van der Waals surface area contributed by atoms with Gasteiger partial charge in [0, 0.05) is 16.2 Å². The Bertz CT molecular complexity index is 632. The summed E-state index contributed by atoms with van der Waals surface area (Å²) in [5.74, 6) is 0.782. The summed E-state index contributed by atoms with van der Waals surface area (Å²) in [5, 5.41) is 12.9. The number of benzene rings is 2. The molecule has 0 heterocycles. The molecule has 0 aliphatic carbocycles. The lowest BCUT2D eigenvalue weighted by atomic mass is 10.1. The molecule has 0 aliphatic heterocycles. The van der Waals surface area contributed by atoms with E-state index in [0.717, 1.165) is 16.9 Å². The fourth-order valence-electron chi connectivity index (χ4n) is 1.78. The van der Waals surface area contributed by atoms with Gasteiger partial charge in [0.25, 0.3) is 0 Å². The zero-order valence-corrected chi connectivity index (χ0v) is 11.9. The molecule has 2 aromatic rings. The van der Waals surface area contributed by atoms with Crippen molar-refractivity contribution in [1.82, 2.24) is 0 Å². The highest BCUT2D eigenvalue weighted by Crippen LogP contribution is 2.24. The van der Waals surface area contributed by atoms with E-state index in [2.05, 4.69) is 23.4 Å². The Kier molecular flexibility index (Phi) is 5.22. The molecular weight excluding hydrogens is 268 g/mol. The van der Waals surface area contributed by atoms with E-state index < -0.39 is 0 Å². The van der Waals surface area contributed by atoms with Gasteiger partial charge in [0.05, 0.1) is 0 Å². The lowest BCUT2D eigenvalue weighted by molar-refractivity contribution is 0.214. The van der Waals surface area contributed by atoms with Crippen LogP contribution in [0.5, 0.6) is 0 Å². The Balaban J connectivity index is 2.20. The van der Waals surface area contributed by atoms with Crippen LogP contribution in [0.4, 0.5) is 0 Å². The predicted octanol–water partition coefficient (Wildman–Crippen LogP) is 3.85. The van der Waals surface area contributed by atoms with E-state index in [1.54, 1.807) is 11.8 Å². The molecule has 0 radical (unpaired) electrons. The number of nitrogens with zero attached hydrogens (tertiary/aromatic N) is 2. The van der Waals surface area contributed by atoms with E-state index >= 15 is 0 Å². The zero-order valence-electron chi connectivity index (χ0n) is 11.1. The van der Waals surface area contributed by atoms with Crippen LogP contribution < -0.4 is 0 Å². The normalized spacial score (nSPS) is 10.9. The molecule has 0 bridgehead atoms. The first-order valence-electron chi connectivity index (χ1n) is 6.12. The van der Waals surface area contributed by atoms with Gasteiger partial charge in [-0.1, -0.05) is 47.6 Å². The van der Waals surface area contributed by atoms with Crippen molar-refractivity contribution >= 4 is 17.5 Å². The first kappa shape index (κ1) is 14.2. The highest BCUT2D eigenvalue weighted by atomic mass is 32.2. The summed E-state index contributed by atoms with van der Waals surface area (Å²) in [6.07, 6.45) is 0. The van der Waals surface area contributed by atoms with Crippen LogP contribution in [0.1, 0.15) is 11.1 Å². The molecule has 0 atom stereocenters. The van der Waals surface area contributed by atoms with E-state index in [4.69, 9.17) is 10.1 Å². The van der Waals surface area contributed by atoms with Crippen molar-refractivity contribution in [3.8, 4) is 6.07 Å². The summed E-state index contributed by atoms with van der Waals surface area (Å²) in [4.78, 5) is 5.92. The molecule has 100 valence electrons. The van der Waals surface area contributed by atoms with E-state index in [0.29, 0.717) is 5.71 Å². The summed E-state index contributed by atoms with van der Waals surface area (Å²) in [5.41, 5.74) is 2.19. The molecule has 0 unspecified atom stereocenters. The molecule has 0 N–H and O–H groups in total. The third-order valence-corrected chi connectivity index (χ3v) is 3.76. The van der Waals surface area contributed by atoms with E-state index in [-0.39, 0.29) is 0 Å². The number of hydrogen-bond acceptors (Lipinski definition) is 4. The fraction of sp³-hybridized carbons (Fsp3) is 0.125. The van der Waals surface area contributed by atoms with Gasteiger partial charge < -0.3 is 4.84 Å². The maximum absolute atomic E-state index is 9.15. The van der Waals surface area contributed by atoms with Crippen molar-refractivity contribution < 1.29 is 4.84 Å². The summed E-state index contributed by atoms with van der Waals surface area (Å²) in [7, 11) is 1.44. The first-order chi connectivity index (χ1) is 9.85. The topological polar surface area (TPSA) is 45.4 Å². The maximum Gasteiger partial charge on any atom is 0.187 e. The molecule has 2 aromatic carbocycles. The minimum Gasteiger partial charge on any atom is -0.398 e. The van der Waals surface area contributed by atoms with Crippen LogP contribution >= 0.6 is 11.8 Å². The van der Waals surface area contributed by atoms with Crippen LogP contribution in [-0.2, 0) is 10.6 Å². The molecule has 0 fully saturated rings. The second kappa shape index (κ2) is 7.37. The SMILES string of the molecule is CO/N=C(/C#N)c1ccccc1CSc1ccccc1. The Morgan fingerprint density at radius 2 is 1.85 bits per heavy atom. The van der Waals surface area contributed by atoms with E-state index in [9.17, 15) is 0 Å². The summed E-state index contributed by atoms with van der Waals surface area (Å²) in [6.45, 7) is 0. The van der Waals surface area contributed by atoms with E-state index in [1.165, 1.54) is 12.0 Å². The molecule has 3 nitrogen and oxygen atoms in total. The minimum atomic E-state index is 0.303. The lowest BCUT2D eigenvalue weighted by Crippen LogP contribution is -2.02. The molecule has 0 saturated carbocycles. The van der Waals surface area contributed by atoms with Gasteiger partial charge in [0.1, 0.15) is 13.2 Å². The Morgan fingerprint density at radius 3 is 2.55 bits per heavy atom. The van der Waals surface area contributed by atoms with Gasteiger partial charge in [-0.05, 0) is 17.7 Å². The number of thioether (sulfide) groups is 1. The minimum absolute atomic E-state index is 0.303. The van der Waals surface area contributed by atoms with Crippen LogP contribution in [0.15, 0.2) is 64.6 Å². The van der Waals surface area contributed by atoms with Crippen molar-refractivity contribution in [3.63, 3.8) is 0 Å². The second-order valence-corrected chi connectivity index (χ2v) is 5.04. The average molecular weight is 282 g/mol. The van der Waals surface area contributed by atoms with E-state index in [1.807, 2.05) is 42.5 Å². The van der Waals surface area contributed by atoms with Crippen molar-refractivity contribution in [2.45, 2.75) is 10.6 Å².